The second-order valence-corrected chi connectivity index (χ2v) is 5.19. The fraction of sp³-hybridized carbons (Fsp3) is 0.538. The van der Waals surface area contributed by atoms with Gasteiger partial charge in [0.15, 0.2) is 0 Å². The van der Waals surface area contributed by atoms with Crippen LogP contribution >= 0.6 is 12.2 Å². The van der Waals surface area contributed by atoms with Crippen LogP contribution in [0.15, 0.2) is 18.3 Å². The summed E-state index contributed by atoms with van der Waals surface area (Å²) in [7, 11) is 0. The zero-order valence-electron chi connectivity index (χ0n) is 10.1. The quantitative estimate of drug-likeness (QED) is 0.838. The van der Waals surface area contributed by atoms with Gasteiger partial charge in [0.25, 0.3) is 0 Å². The molecule has 0 spiro atoms. The minimum absolute atomic E-state index is 0.292. The molecule has 1 aliphatic rings. The van der Waals surface area contributed by atoms with E-state index in [0.717, 1.165) is 24.3 Å². The molecule has 4 heteroatoms. The molecule has 17 heavy (non-hydrogen) atoms. The summed E-state index contributed by atoms with van der Waals surface area (Å²) in [5.74, 6) is 1.46. The monoisotopic (exact) mass is 250 g/mol. The van der Waals surface area contributed by atoms with Crippen molar-refractivity contribution >= 4 is 17.2 Å². The summed E-state index contributed by atoms with van der Waals surface area (Å²) in [4.78, 5) is 4.58. The van der Waals surface area contributed by atoms with Gasteiger partial charge in [0.05, 0.1) is 0 Å². The topological polar surface area (TPSA) is 48.1 Å². The van der Waals surface area contributed by atoms with Gasteiger partial charge in [-0.3, -0.25) is 0 Å². The van der Waals surface area contributed by atoms with E-state index in [2.05, 4.69) is 11.9 Å². The van der Waals surface area contributed by atoms with Crippen LogP contribution in [0.4, 0.5) is 0 Å². The lowest BCUT2D eigenvalue weighted by Crippen LogP contribution is -2.23. The first kappa shape index (κ1) is 12.3. The van der Waals surface area contributed by atoms with E-state index in [-0.39, 0.29) is 0 Å². The lowest BCUT2D eigenvalue weighted by Gasteiger charge is -2.26. The van der Waals surface area contributed by atoms with Crippen molar-refractivity contribution in [2.24, 2.45) is 11.7 Å². The van der Waals surface area contributed by atoms with Crippen LogP contribution in [0, 0.1) is 5.92 Å². The first-order valence-corrected chi connectivity index (χ1v) is 6.48. The molecule has 0 unspecified atom stereocenters. The number of hydrogen-bond acceptors (Lipinski definition) is 3. The zero-order chi connectivity index (χ0) is 12.3. The van der Waals surface area contributed by atoms with Gasteiger partial charge in [0.2, 0.25) is 5.88 Å². The van der Waals surface area contributed by atoms with Gasteiger partial charge in [-0.25, -0.2) is 4.98 Å². The van der Waals surface area contributed by atoms with Crippen molar-refractivity contribution in [2.45, 2.75) is 38.7 Å². The van der Waals surface area contributed by atoms with Crippen LogP contribution in [-0.4, -0.2) is 16.1 Å². The molecule has 3 nitrogen and oxygen atoms in total. The Morgan fingerprint density at radius 2 is 2.12 bits per heavy atom. The number of nitrogens with zero attached hydrogens (tertiary/aromatic N) is 1. The van der Waals surface area contributed by atoms with Crippen molar-refractivity contribution in [3.63, 3.8) is 0 Å². The second-order valence-electron chi connectivity index (χ2n) is 4.75. The van der Waals surface area contributed by atoms with Crippen molar-refractivity contribution in [3.8, 4) is 5.88 Å². The minimum Gasteiger partial charge on any atom is -0.474 e. The molecule has 0 aromatic carbocycles. The molecule has 1 aromatic rings. The maximum Gasteiger partial charge on any atom is 0.214 e. The van der Waals surface area contributed by atoms with Crippen LogP contribution in [0.25, 0.3) is 0 Å². The maximum absolute atomic E-state index is 5.87. The molecule has 2 N–H and O–H groups in total. The molecule has 0 saturated heterocycles. The van der Waals surface area contributed by atoms with Crippen LogP contribution in [0.5, 0.6) is 5.88 Å². The van der Waals surface area contributed by atoms with Crippen molar-refractivity contribution in [1.82, 2.24) is 4.98 Å². The summed E-state index contributed by atoms with van der Waals surface area (Å²) in [6.45, 7) is 2.29. The number of ether oxygens (including phenoxy) is 1. The Morgan fingerprint density at radius 1 is 1.41 bits per heavy atom. The highest BCUT2D eigenvalue weighted by atomic mass is 32.1. The van der Waals surface area contributed by atoms with Crippen molar-refractivity contribution < 1.29 is 4.74 Å². The van der Waals surface area contributed by atoms with Gasteiger partial charge in [0.1, 0.15) is 11.1 Å². The van der Waals surface area contributed by atoms with E-state index in [1.807, 2.05) is 6.07 Å². The molecule has 0 radical (unpaired) electrons. The van der Waals surface area contributed by atoms with E-state index in [0.29, 0.717) is 17.0 Å². The molecule has 1 fully saturated rings. The molecule has 0 bridgehead atoms. The predicted octanol–water partition coefficient (Wildman–Crippen LogP) is 2.67. The highest BCUT2D eigenvalue weighted by Crippen LogP contribution is 2.26. The largest absolute Gasteiger partial charge is 0.474 e. The van der Waals surface area contributed by atoms with Crippen LogP contribution < -0.4 is 10.5 Å². The molecular weight excluding hydrogens is 232 g/mol. The van der Waals surface area contributed by atoms with Crippen LogP contribution in [-0.2, 0) is 0 Å². The summed E-state index contributed by atoms with van der Waals surface area (Å²) in [5, 5.41) is 0. The molecule has 0 amide bonds. The summed E-state index contributed by atoms with van der Waals surface area (Å²) >= 11 is 4.94. The first-order valence-electron chi connectivity index (χ1n) is 6.07. The van der Waals surface area contributed by atoms with Crippen LogP contribution in [0.2, 0.25) is 0 Å². The molecular formula is C13H18N2OS. The summed E-state index contributed by atoms with van der Waals surface area (Å²) in [6.07, 6.45) is 6.68. The smallest absolute Gasteiger partial charge is 0.214 e. The molecule has 0 aliphatic heterocycles. The second kappa shape index (κ2) is 5.45. The number of nitrogens with two attached hydrogens (primary N) is 1. The Kier molecular flexibility index (Phi) is 3.94. The third-order valence-electron chi connectivity index (χ3n) is 3.27. The Hall–Kier alpha value is -1.16. The van der Waals surface area contributed by atoms with Gasteiger partial charge >= 0.3 is 0 Å². The fourth-order valence-corrected chi connectivity index (χ4v) is 2.27. The summed E-state index contributed by atoms with van der Waals surface area (Å²) < 4.78 is 5.87. The van der Waals surface area contributed by atoms with E-state index in [1.54, 1.807) is 12.3 Å². The first-order chi connectivity index (χ1) is 8.15. The highest BCUT2D eigenvalue weighted by Gasteiger charge is 2.19. The Labute approximate surface area is 107 Å². The third kappa shape index (κ3) is 3.40. The molecule has 2 rings (SSSR count). The van der Waals surface area contributed by atoms with E-state index in [4.69, 9.17) is 22.7 Å². The standard InChI is InChI=1S/C13H18N2OS/c1-9-2-4-11(5-3-9)16-12-8-10(13(14)17)6-7-15-12/h6-9,11H,2-5H2,1H3,(H2,14,17). The van der Waals surface area contributed by atoms with Crippen molar-refractivity contribution in [1.29, 1.82) is 0 Å². The normalized spacial score (nSPS) is 24.3. The molecule has 1 aliphatic carbocycles. The molecule has 1 aromatic heterocycles. The number of hydrogen-bond donors (Lipinski definition) is 1. The number of pyridine rings is 1. The van der Waals surface area contributed by atoms with Gasteiger partial charge in [-0.15, -0.1) is 0 Å². The summed E-state index contributed by atoms with van der Waals surface area (Å²) in [5.41, 5.74) is 6.40. The molecule has 1 heterocycles. The Morgan fingerprint density at radius 3 is 2.76 bits per heavy atom. The molecule has 0 atom stereocenters. The number of rotatable bonds is 3. The van der Waals surface area contributed by atoms with Crippen LogP contribution in [0.3, 0.4) is 0 Å². The molecule has 92 valence electrons. The maximum atomic E-state index is 5.87. The fourth-order valence-electron chi connectivity index (χ4n) is 2.15. The van der Waals surface area contributed by atoms with Gasteiger partial charge < -0.3 is 10.5 Å². The van der Waals surface area contributed by atoms with Gasteiger partial charge in [-0.05, 0) is 37.7 Å². The minimum atomic E-state index is 0.292. The van der Waals surface area contributed by atoms with Gasteiger partial charge in [-0.2, -0.15) is 0 Å². The van der Waals surface area contributed by atoms with Crippen molar-refractivity contribution in [3.05, 3.63) is 23.9 Å². The lowest BCUT2D eigenvalue weighted by molar-refractivity contribution is 0.130. The SMILES string of the molecule is CC1CCC(Oc2cc(C(N)=S)ccn2)CC1. The van der Waals surface area contributed by atoms with E-state index in [9.17, 15) is 0 Å². The average Bonchev–Trinajstić information content (AvgIpc) is 2.32. The Balaban J connectivity index is 1.98. The van der Waals surface area contributed by atoms with Gasteiger partial charge in [0, 0.05) is 17.8 Å². The predicted molar refractivity (Wildman–Crippen MR) is 72.2 cm³/mol. The number of thiocarbonyl (C=S) groups is 1. The highest BCUT2D eigenvalue weighted by molar-refractivity contribution is 7.80. The zero-order valence-corrected chi connectivity index (χ0v) is 10.9. The van der Waals surface area contributed by atoms with E-state index in [1.165, 1.54) is 12.8 Å². The molecule has 1 saturated carbocycles. The number of aromatic nitrogens is 1. The van der Waals surface area contributed by atoms with Gasteiger partial charge in [-0.1, -0.05) is 19.1 Å². The van der Waals surface area contributed by atoms with E-state index < -0.39 is 0 Å². The summed E-state index contributed by atoms with van der Waals surface area (Å²) in [6, 6.07) is 3.62. The third-order valence-corrected chi connectivity index (χ3v) is 3.51. The average molecular weight is 250 g/mol. The van der Waals surface area contributed by atoms with E-state index >= 15 is 0 Å². The Bertz CT molecular complexity index is 400. The van der Waals surface area contributed by atoms with Crippen molar-refractivity contribution in [2.75, 3.05) is 0 Å². The lowest BCUT2D eigenvalue weighted by atomic mass is 9.89. The van der Waals surface area contributed by atoms with Crippen LogP contribution in [0.1, 0.15) is 38.2 Å².